The van der Waals surface area contributed by atoms with Gasteiger partial charge in [-0.05, 0) is 31.3 Å². The molecule has 0 aromatic heterocycles. The summed E-state index contributed by atoms with van der Waals surface area (Å²) in [5.41, 5.74) is 1.07. The molecule has 12 heavy (non-hydrogen) atoms. The number of rotatable bonds is 2. The lowest BCUT2D eigenvalue weighted by Gasteiger charge is -2.22. The summed E-state index contributed by atoms with van der Waals surface area (Å²) < 4.78 is 0. The van der Waals surface area contributed by atoms with Gasteiger partial charge in [0.2, 0.25) is 0 Å². The zero-order valence-electron chi connectivity index (χ0n) is 8.10. The van der Waals surface area contributed by atoms with E-state index in [4.69, 9.17) is 0 Å². The normalized spacial score (nSPS) is 28.0. The molecule has 0 amide bonds. The predicted octanol–water partition coefficient (Wildman–Crippen LogP) is 3.10. The molecule has 0 spiro atoms. The maximum absolute atomic E-state index is 11.3. The molecule has 0 aromatic carbocycles. The molecule has 0 radical (unpaired) electrons. The second-order valence-electron chi connectivity index (χ2n) is 3.63. The van der Waals surface area contributed by atoms with Crippen LogP contribution in [0.25, 0.3) is 0 Å². The molecule has 0 aromatic rings. The summed E-state index contributed by atoms with van der Waals surface area (Å²) in [7, 11) is 0. The van der Waals surface area contributed by atoms with Gasteiger partial charge in [0.1, 0.15) is 0 Å². The standard InChI is InChI=1S/C11H18O/c1-3-5-9-6-7-11(12)10(4-2)8-9/h4,9H,3,5-8H2,1-2H3/b10-4+. The van der Waals surface area contributed by atoms with Gasteiger partial charge < -0.3 is 0 Å². The summed E-state index contributed by atoms with van der Waals surface area (Å²) in [5, 5.41) is 0. The molecular weight excluding hydrogens is 148 g/mol. The average molecular weight is 166 g/mol. The van der Waals surface area contributed by atoms with Crippen molar-refractivity contribution in [2.24, 2.45) is 5.92 Å². The molecule has 68 valence electrons. The van der Waals surface area contributed by atoms with Gasteiger partial charge in [-0.2, -0.15) is 0 Å². The second-order valence-corrected chi connectivity index (χ2v) is 3.63. The molecule has 1 aliphatic carbocycles. The van der Waals surface area contributed by atoms with Gasteiger partial charge in [-0.1, -0.05) is 25.8 Å². The van der Waals surface area contributed by atoms with Crippen LogP contribution in [-0.2, 0) is 4.79 Å². The average Bonchev–Trinajstić information content (AvgIpc) is 2.09. The predicted molar refractivity (Wildman–Crippen MR) is 51.0 cm³/mol. The molecule has 1 heteroatoms. The van der Waals surface area contributed by atoms with Crippen LogP contribution >= 0.6 is 0 Å². The Kier molecular flexibility index (Phi) is 3.51. The number of allylic oxidation sites excluding steroid dienone is 2. The van der Waals surface area contributed by atoms with Crippen molar-refractivity contribution in [2.45, 2.75) is 46.0 Å². The van der Waals surface area contributed by atoms with Crippen LogP contribution in [0.1, 0.15) is 46.0 Å². The molecular formula is C11H18O. The first-order valence-corrected chi connectivity index (χ1v) is 4.96. The van der Waals surface area contributed by atoms with Crippen LogP contribution < -0.4 is 0 Å². The van der Waals surface area contributed by atoms with Crippen molar-refractivity contribution in [3.05, 3.63) is 11.6 Å². The third kappa shape index (κ3) is 2.20. The van der Waals surface area contributed by atoms with E-state index in [9.17, 15) is 4.79 Å². The minimum absolute atomic E-state index is 0.379. The Morgan fingerprint density at radius 2 is 2.33 bits per heavy atom. The van der Waals surface area contributed by atoms with Crippen molar-refractivity contribution >= 4 is 5.78 Å². The topological polar surface area (TPSA) is 17.1 Å². The number of carbonyl (C=O) groups is 1. The summed E-state index contributed by atoms with van der Waals surface area (Å²) in [5.74, 6) is 1.16. The Bertz CT molecular complexity index is 191. The van der Waals surface area contributed by atoms with Gasteiger partial charge in [-0.3, -0.25) is 4.79 Å². The fourth-order valence-corrected chi connectivity index (χ4v) is 1.96. The molecule has 0 aliphatic heterocycles. The SMILES string of the molecule is C/C=C1\CC(CCC)CCC1=O. The van der Waals surface area contributed by atoms with E-state index < -0.39 is 0 Å². The van der Waals surface area contributed by atoms with Crippen LogP contribution in [0, 0.1) is 5.92 Å². The number of hydrogen-bond donors (Lipinski definition) is 0. The zero-order chi connectivity index (χ0) is 8.97. The van der Waals surface area contributed by atoms with E-state index in [1.54, 1.807) is 0 Å². The first-order chi connectivity index (χ1) is 5.77. The van der Waals surface area contributed by atoms with Crippen molar-refractivity contribution in [3.63, 3.8) is 0 Å². The molecule has 1 fully saturated rings. The summed E-state index contributed by atoms with van der Waals surface area (Å²) in [6.07, 6.45) is 7.45. The molecule has 1 rings (SSSR count). The molecule has 1 unspecified atom stereocenters. The Balaban J connectivity index is 2.50. The number of carbonyl (C=O) groups excluding carboxylic acids is 1. The lowest BCUT2D eigenvalue weighted by atomic mass is 9.82. The Morgan fingerprint density at radius 3 is 2.92 bits per heavy atom. The molecule has 1 aliphatic rings. The van der Waals surface area contributed by atoms with Crippen LogP contribution in [0.3, 0.4) is 0 Å². The largest absolute Gasteiger partial charge is 0.295 e. The number of hydrogen-bond acceptors (Lipinski definition) is 1. The van der Waals surface area contributed by atoms with Crippen LogP contribution in [-0.4, -0.2) is 5.78 Å². The Morgan fingerprint density at radius 1 is 1.58 bits per heavy atom. The van der Waals surface area contributed by atoms with E-state index in [1.165, 1.54) is 12.8 Å². The van der Waals surface area contributed by atoms with Crippen molar-refractivity contribution in [2.75, 3.05) is 0 Å². The van der Waals surface area contributed by atoms with E-state index in [1.807, 2.05) is 13.0 Å². The highest BCUT2D eigenvalue weighted by atomic mass is 16.1. The van der Waals surface area contributed by atoms with Crippen LogP contribution in [0.15, 0.2) is 11.6 Å². The summed E-state index contributed by atoms with van der Waals surface area (Å²) >= 11 is 0. The lowest BCUT2D eigenvalue weighted by molar-refractivity contribution is -0.117. The number of Topliss-reactive ketones (excluding diaryl/α,β-unsaturated/α-hetero) is 1. The molecule has 0 saturated heterocycles. The zero-order valence-corrected chi connectivity index (χ0v) is 8.10. The molecule has 0 bridgehead atoms. The van der Waals surface area contributed by atoms with Gasteiger partial charge >= 0.3 is 0 Å². The molecule has 1 saturated carbocycles. The van der Waals surface area contributed by atoms with Gasteiger partial charge in [0.05, 0.1) is 0 Å². The summed E-state index contributed by atoms with van der Waals surface area (Å²) in [6.45, 7) is 4.19. The highest BCUT2D eigenvalue weighted by Gasteiger charge is 2.21. The minimum Gasteiger partial charge on any atom is -0.295 e. The third-order valence-electron chi connectivity index (χ3n) is 2.69. The number of ketones is 1. The van der Waals surface area contributed by atoms with E-state index in [-0.39, 0.29) is 0 Å². The molecule has 0 heterocycles. The van der Waals surface area contributed by atoms with E-state index in [2.05, 4.69) is 6.92 Å². The maximum Gasteiger partial charge on any atom is 0.158 e. The molecule has 1 atom stereocenters. The van der Waals surface area contributed by atoms with Gasteiger partial charge in [-0.15, -0.1) is 0 Å². The second kappa shape index (κ2) is 4.44. The van der Waals surface area contributed by atoms with E-state index in [0.29, 0.717) is 5.78 Å². The van der Waals surface area contributed by atoms with Crippen molar-refractivity contribution in [1.29, 1.82) is 0 Å². The first kappa shape index (κ1) is 9.50. The van der Waals surface area contributed by atoms with Gasteiger partial charge in [0, 0.05) is 6.42 Å². The van der Waals surface area contributed by atoms with E-state index in [0.717, 1.165) is 30.8 Å². The van der Waals surface area contributed by atoms with Crippen molar-refractivity contribution in [1.82, 2.24) is 0 Å². The third-order valence-corrected chi connectivity index (χ3v) is 2.69. The molecule has 0 N–H and O–H groups in total. The maximum atomic E-state index is 11.3. The first-order valence-electron chi connectivity index (χ1n) is 4.96. The van der Waals surface area contributed by atoms with Crippen LogP contribution in [0.4, 0.5) is 0 Å². The van der Waals surface area contributed by atoms with Gasteiger partial charge in [0.25, 0.3) is 0 Å². The monoisotopic (exact) mass is 166 g/mol. The summed E-state index contributed by atoms with van der Waals surface area (Å²) in [6, 6.07) is 0. The van der Waals surface area contributed by atoms with E-state index >= 15 is 0 Å². The minimum atomic E-state index is 0.379. The Hall–Kier alpha value is -0.590. The van der Waals surface area contributed by atoms with Gasteiger partial charge in [-0.25, -0.2) is 0 Å². The lowest BCUT2D eigenvalue weighted by Crippen LogP contribution is -2.16. The Labute approximate surface area is 74.9 Å². The molecule has 1 nitrogen and oxygen atoms in total. The highest BCUT2D eigenvalue weighted by Crippen LogP contribution is 2.28. The van der Waals surface area contributed by atoms with Crippen LogP contribution in [0.5, 0.6) is 0 Å². The quantitative estimate of drug-likeness (QED) is 0.576. The van der Waals surface area contributed by atoms with Crippen molar-refractivity contribution < 1.29 is 4.79 Å². The fraction of sp³-hybridized carbons (Fsp3) is 0.727. The van der Waals surface area contributed by atoms with Crippen molar-refractivity contribution in [3.8, 4) is 0 Å². The summed E-state index contributed by atoms with van der Waals surface area (Å²) in [4.78, 5) is 11.3. The van der Waals surface area contributed by atoms with Crippen LogP contribution in [0.2, 0.25) is 0 Å². The smallest absolute Gasteiger partial charge is 0.158 e. The highest BCUT2D eigenvalue weighted by molar-refractivity contribution is 5.95. The fourth-order valence-electron chi connectivity index (χ4n) is 1.96. The van der Waals surface area contributed by atoms with Gasteiger partial charge in [0.15, 0.2) is 5.78 Å².